The molecule has 11 nitrogen and oxygen atoms in total. The molecule has 232 valence electrons. The van der Waals surface area contributed by atoms with Crippen LogP contribution in [-0.4, -0.2) is 88.4 Å². The van der Waals surface area contributed by atoms with Crippen molar-refractivity contribution in [3.8, 4) is 5.75 Å². The van der Waals surface area contributed by atoms with E-state index >= 15 is 0 Å². The average Bonchev–Trinajstić information content (AvgIpc) is 3.58. The van der Waals surface area contributed by atoms with Crippen molar-refractivity contribution in [2.24, 2.45) is 17.1 Å². The summed E-state index contributed by atoms with van der Waals surface area (Å²) in [6.45, 7) is 4.89. The van der Waals surface area contributed by atoms with E-state index in [1.165, 1.54) is 23.5 Å². The van der Waals surface area contributed by atoms with E-state index in [1.807, 2.05) is 44.2 Å². The average molecular weight is 606 g/mol. The lowest BCUT2D eigenvalue weighted by Crippen LogP contribution is -2.52. The van der Waals surface area contributed by atoms with Gasteiger partial charge in [-0.05, 0) is 61.1 Å². The fourth-order valence-corrected chi connectivity index (χ4v) is 7.10. The number of methoxy groups -OCH3 is 1. The second-order valence-electron chi connectivity index (χ2n) is 11.7. The number of sulfonamides is 1. The molecule has 0 aliphatic carbocycles. The monoisotopic (exact) mass is 605 g/mol. The molecule has 42 heavy (non-hydrogen) atoms. The first-order valence-corrected chi connectivity index (χ1v) is 15.7. The van der Waals surface area contributed by atoms with E-state index in [0.717, 1.165) is 12.0 Å². The van der Waals surface area contributed by atoms with Gasteiger partial charge in [0.1, 0.15) is 11.9 Å². The molecule has 0 saturated carbocycles. The molecule has 2 aliphatic heterocycles. The number of fused-ring (bicyclic) bond motifs is 1. The van der Waals surface area contributed by atoms with Gasteiger partial charge in [0.2, 0.25) is 10.0 Å². The maximum atomic E-state index is 13.9. The molecule has 5 atom stereocenters. The fraction of sp³-hybridized carbons (Fsp3) is 0.567. The van der Waals surface area contributed by atoms with Crippen molar-refractivity contribution in [3.05, 3.63) is 60.2 Å². The Morgan fingerprint density at radius 1 is 1.17 bits per heavy atom. The zero-order valence-electron chi connectivity index (χ0n) is 24.5. The van der Waals surface area contributed by atoms with Gasteiger partial charge >= 0.3 is 6.09 Å². The number of nitrogens with zero attached hydrogens (tertiary/aromatic N) is 1. The zero-order valence-corrected chi connectivity index (χ0v) is 25.3. The Kier molecular flexibility index (Phi) is 10.8. The van der Waals surface area contributed by atoms with E-state index in [-0.39, 0.29) is 43.2 Å². The van der Waals surface area contributed by atoms with Crippen LogP contribution in [0.25, 0.3) is 0 Å². The number of benzene rings is 2. The number of ether oxygens (including phenoxy) is 4. The van der Waals surface area contributed by atoms with Crippen LogP contribution in [-0.2, 0) is 30.7 Å². The normalized spacial score (nSPS) is 22.0. The van der Waals surface area contributed by atoms with Crippen LogP contribution in [0.4, 0.5) is 4.79 Å². The minimum atomic E-state index is -4.03. The van der Waals surface area contributed by atoms with Gasteiger partial charge in [0.15, 0.2) is 6.29 Å². The lowest BCUT2D eigenvalue weighted by Gasteiger charge is -2.35. The molecule has 2 aromatic carbocycles. The van der Waals surface area contributed by atoms with Crippen LogP contribution >= 0.6 is 0 Å². The Morgan fingerprint density at radius 3 is 2.55 bits per heavy atom. The summed E-state index contributed by atoms with van der Waals surface area (Å²) in [7, 11) is -2.53. The Balaban J connectivity index is 1.56. The number of aliphatic hydroxyl groups excluding tert-OH is 1. The highest BCUT2D eigenvalue weighted by Gasteiger charge is 2.44. The van der Waals surface area contributed by atoms with Crippen LogP contribution < -0.4 is 15.8 Å². The number of rotatable bonds is 14. The summed E-state index contributed by atoms with van der Waals surface area (Å²) in [6.07, 6.45) is -1.24. The lowest BCUT2D eigenvalue weighted by atomic mass is 9.89. The number of alkyl carbamates (subject to hydrolysis) is 1. The molecule has 2 saturated heterocycles. The molecule has 2 fully saturated rings. The van der Waals surface area contributed by atoms with Crippen LogP contribution in [0.5, 0.6) is 5.75 Å². The molecule has 2 heterocycles. The largest absolute Gasteiger partial charge is 0.497 e. The molecule has 2 aliphatic rings. The summed E-state index contributed by atoms with van der Waals surface area (Å²) in [4.78, 5) is 13.1. The molecule has 4 N–H and O–H groups in total. The van der Waals surface area contributed by atoms with Gasteiger partial charge in [0, 0.05) is 13.1 Å². The maximum Gasteiger partial charge on any atom is 0.407 e. The smallest absolute Gasteiger partial charge is 0.407 e. The van der Waals surface area contributed by atoms with E-state index in [1.54, 1.807) is 12.1 Å². The Morgan fingerprint density at radius 2 is 1.88 bits per heavy atom. The van der Waals surface area contributed by atoms with E-state index in [4.69, 9.17) is 24.7 Å². The molecule has 0 radical (unpaired) electrons. The summed E-state index contributed by atoms with van der Waals surface area (Å²) in [5.74, 6) is 0.487. The summed E-state index contributed by atoms with van der Waals surface area (Å²) in [5, 5.41) is 14.4. The van der Waals surface area contributed by atoms with Crippen LogP contribution in [0.3, 0.4) is 0 Å². The quantitative estimate of drug-likeness (QED) is 0.295. The Bertz CT molecular complexity index is 1260. The number of hydrogen-bond donors (Lipinski definition) is 3. The molecule has 4 rings (SSSR count). The summed E-state index contributed by atoms with van der Waals surface area (Å²) in [5.41, 5.74) is 6.21. The highest BCUT2D eigenvalue weighted by molar-refractivity contribution is 7.89. The van der Waals surface area contributed by atoms with Crippen LogP contribution in [0.2, 0.25) is 0 Å². The minimum absolute atomic E-state index is 0.0387. The van der Waals surface area contributed by atoms with Crippen molar-refractivity contribution >= 4 is 16.1 Å². The van der Waals surface area contributed by atoms with E-state index < -0.39 is 39.8 Å². The molecule has 0 bridgehead atoms. The summed E-state index contributed by atoms with van der Waals surface area (Å²) in [6, 6.07) is 14.6. The minimum Gasteiger partial charge on any atom is -0.497 e. The van der Waals surface area contributed by atoms with Gasteiger partial charge in [-0.2, -0.15) is 4.31 Å². The number of hydrogen-bond acceptors (Lipinski definition) is 9. The SMILES string of the molecule is COc1ccc(S(=O)(=O)N(C[C@H](O)[C@H](Cc2ccccc2)NC(=O)O[C@@H]2CO[C@@H]3OCC[C@@H]32)CC(C)(C)CCN)cc1. The third-order valence-electron chi connectivity index (χ3n) is 7.82. The topological polar surface area (TPSA) is 150 Å². The van der Waals surface area contributed by atoms with Crippen molar-refractivity contribution < 1.29 is 37.3 Å². The Labute approximate surface area is 248 Å². The number of nitrogens with one attached hydrogen (secondary N) is 1. The van der Waals surface area contributed by atoms with Gasteiger partial charge in [-0.15, -0.1) is 0 Å². The van der Waals surface area contributed by atoms with Crippen molar-refractivity contribution in [1.82, 2.24) is 9.62 Å². The molecule has 1 amide bonds. The molecule has 12 heteroatoms. The second kappa shape index (κ2) is 14.2. The maximum absolute atomic E-state index is 13.9. The number of nitrogens with two attached hydrogens (primary N) is 1. The van der Waals surface area contributed by atoms with Gasteiger partial charge in [0.05, 0.1) is 43.3 Å². The number of aliphatic hydroxyl groups is 1. The van der Waals surface area contributed by atoms with Gasteiger partial charge in [-0.3, -0.25) is 0 Å². The first-order chi connectivity index (χ1) is 20.0. The van der Waals surface area contributed by atoms with Gasteiger partial charge < -0.3 is 35.1 Å². The predicted octanol–water partition coefficient (Wildman–Crippen LogP) is 2.52. The highest BCUT2D eigenvalue weighted by Crippen LogP contribution is 2.33. The van der Waals surface area contributed by atoms with E-state index in [9.17, 15) is 18.3 Å². The van der Waals surface area contributed by atoms with Crippen molar-refractivity contribution in [3.63, 3.8) is 0 Å². The fourth-order valence-electron chi connectivity index (χ4n) is 5.45. The van der Waals surface area contributed by atoms with Crippen LogP contribution in [0.1, 0.15) is 32.3 Å². The summed E-state index contributed by atoms with van der Waals surface area (Å²) >= 11 is 0. The summed E-state index contributed by atoms with van der Waals surface area (Å²) < 4.78 is 51.0. The molecule has 0 spiro atoms. The number of amides is 1. The van der Waals surface area contributed by atoms with E-state index in [0.29, 0.717) is 25.3 Å². The van der Waals surface area contributed by atoms with Gasteiger partial charge in [-0.25, -0.2) is 13.2 Å². The third kappa shape index (κ3) is 8.21. The van der Waals surface area contributed by atoms with Gasteiger partial charge in [0.25, 0.3) is 0 Å². The standard InChI is InChI=1S/C30H43N3O8S/c1-30(2,14-15-31)20-33(42(36,37)23-11-9-22(38-3)10-12-23)18-26(34)25(17-21-7-5-4-6-8-21)32-29(35)41-27-19-40-28-24(27)13-16-39-28/h4-12,24-28,34H,13-20,31H2,1-3H3,(H,32,35)/t24-,25+,26+,27-,28+/m1/s1. The molecular formula is C30H43N3O8S. The first-order valence-electron chi connectivity index (χ1n) is 14.3. The predicted molar refractivity (Wildman–Crippen MR) is 156 cm³/mol. The third-order valence-corrected chi connectivity index (χ3v) is 9.65. The van der Waals surface area contributed by atoms with Crippen molar-refractivity contribution in [2.45, 2.75) is 62.5 Å². The Hall–Kier alpha value is -2.74. The molecular weight excluding hydrogens is 562 g/mol. The van der Waals surface area contributed by atoms with Gasteiger partial charge in [-0.1, -0.05) is 44.2 Å². The van der Waals surface area contributed by atoms with Crippen molar-refractivity contribution in [2.75, 3.05) is 40.0 Å². The second-order valence-corrected chi connectivity index (χ2v) is 13.6. The first kappa shape index (κ1) is 32.2. The molecule has 2 aromatic rings. The lowest BCUT2D eigenvalue weighted by molar-refractivity contribution is -0.0907. The number of carbonyl (C=O) groups excluding carboxylic acids is 1. The van der Waals surface area contributed by atoms with Crippen molar-refractivity contribution in [1.29, 1.82) is 0 Å². The molecule has 0 aromatic heterocycles. The zero-order chi connectivity index (χ0) is 30.3. The van der Waals surface area contributed by atoms with Crippen LogP contribution in [0.15, 0.2) is 59.5 Å². The highest BCUT2D eigenvalue weighted by atomic mass is 32.2. The number of carbonyl (C=O) groups is 1. The molecule has 0 unspecified atom stereocenters. The van der Waals surface area contributed by atoms with E-state index in [2.05, 4.69) is 5.32 Å². The van der Waals surface area contributed by atoms with Crippen LogP contribution in [0, 0.1) is 11.3 Å².